The number of amides is 2. The molecule has 0 radical (unpaired) electrons. The molecule has 1 aromatic heterocycles. The molecule has 2 N–H and O–H groups in total. The number of hydrogen-bond donors (Lipinski definition) is 2. The molecule has 3 atom stereocenters. The third-order valence-corrected chi connectivity index (χ3v) is 6.36. The summed E-state index contributed by atoms with van der Waals surface area (Å²) < 4.78 is 12.3. The van der Waals surface area contributed by atoms with Crippen molar-refractivity contribution in [3.8, 4) is 0 Å². The molecule has 0 saturated carbocycles. The average molecular weight is 515 g/mol. The number of anilines is 1. The van der Waals surface area contributed by atoms with Crippen molar-refractivity contribution >= 4 is 29.5 Å². The quantitative estimate of drug-likeness (QED) is 0.349. The molecule has 2 aliphatic rings. The van der Waals surface area contributed by atoms with E-state index in [1.165, 1.54) is 16.8 Å². The van der Waals surface area contributed by atoms with E-state index in [-0.39, 0.29) is 18.7 Å². The van der Waals surface area contributed by atoms with Crippen LogP contribution in [0.5, 0.6) is 0 Å². The Morgan fingerprint density at radius 2 is 1.82 bits per heavy atom. The van der Waals surface area contributed by atoms with Crippen molar-refractivity contribution in [3.63, 3.8) is 0 Å². The van der Waals surface area contributed by atoms with Crippen LogP contribution in [0.3, 0.4) is 0 Å². The lowest BCUT2D eigenvalue weighted by molar-refractivity contribution is -0.168. The summed E-state index contributed by atoms with van der Waals surface area (Å²) in [5.74, 6) is -0.972. The zero-order valence-corrected chi connectivity index (χ0v) is 20.4. The van der Waals surface area contributed by atoms with Gasteiger partial charge in [-0.15, -0.1) is 0 Å². The monoisotopic (exact) mass is 514 g/mol. The van der Waals surface area contributed by atoms with E-state index in [0.717, 1.165) is 11.1 Å². The number of hydrogen-bond acceptors (Lipinski definition) is 7. The van der Waals surface area contributed by atoms with Gasteiger partial charge in [0.15, 0.2) is 0 Å². The van der Waals surface area contributed by atoms with Crippen molar-refractivity contribution < 1.29 is 23.9 Å². The second kappa shape index (κ2) is 11.2. The van der Waals surface area contributed by atoms with Gasteiger partial charge in [0.2, 0.25) is 18.1 Å². The van der Waals surface area contributed by atoms with Crippen LogP contribution in [-0.4, -0.2) is 39.7 Å². The number of aromatic nitrogens is 2. The Bertz CT molecular complexity index is 1420. The van der Waals surface area contributed by atoms with E-state index in [1.54, 1.807) is 6.08 Å². The van der Waals surface area contributed by atoms with Crippen LogP contribution in [0.4, 0.5) is 5.69 Å². The van der Waals surface area contributed by atoms with Gasteiger partial charge >= 0.3 is 5.97 Å². The lowest BCUT2D eigenvalue weighted by atomic mass is 10.1. The summed E-state index contributed by atoms with van der Waals surface area (Å²) in [6, 6.07) is 17.1. The van der Waals surface area contributed by atoms with Crippen molar-refractivity contribution in [2.45, 2.75) is 44.2 Å². The van der Waals surface area contributed by atoms with Crippen molar-refractivity contribution in [2.75, 3.05) is 5.32 Å². The molecule has 1 saturated heterocycles. The molecule has 1 unspecified atom stereocenters. The van der Waals surface area contributed by atoms with Crippen LogP contribution < -0.4 is 16.2 Å². The fraction of sp³-hybridized carbons (Fsp3) is 0.250. The summed E-state index contributed by atoms with van der Waals surface area (Å²) in [4.78, 5) is 55.1. The number of benzene rings is 2. The topological polar surface area (TPSA) is 129 Å². The third-order valence-electron chi connectivity index (χ3n) is 6.36. The Labute approximate surface area is 218 Å². The van der Waals surface area contributed by atoms with Crippen LogP contribution in [0.25, 0.3) is 6.08 Å². The van der Waals surface area contributed by atoms with Gasteiger partial charge in [0, 0.05) is 12.5 Å². The maximum atomic E-state index is 13.2. The Kier molecular flexibility index (Phi) is 7.41. The SMILES string of the molecule is O=C(C=Cc1ccccc1)Nc1cnc2n(c1=O)[C@H](C(=O)N[C@H]1CC(=O)OC1OCc1ccccc1)CC2. The number of fused-ring (bicyclic) bond motifs is 1. The van der Waals surface area contributed by atoms with Gasteiger partial charge in [-0.05, 0) is 23.6 Å². The number of carbonyl (C=O) groups excluding carboxylic acids is 3. The highest BCUT2D eigenvalue weighted by Crippen LogP contribution is 2.25. The first-order valence-corrected chi connectivity index (χ1v) is 12.3. The standard InChI is InChI=1S/C28H26N4O6/c33-24(14-11-18-7-3-1-4-8-18)30-21-16-29-23-13-12-22(32(23)27(21)36)26(35)31-20-15-25(34)38-28(20)37-17-19-9-5-2-6-10-19/h1-11,14,16,20,22,28H,12-13,15,17H2,(H,30,33)(H,31,35)/t20-,22-,28?/m0/s1. The molecule has 10 nitrogen and oxygen atoms in total. The fourth-order valence-corrected chi connectivity index (χ4v) is 4.49. The number of nitrogens with one attached hydrogen (secondary N) is 2. The van der Waals surface area contributed by atoms with Crippen LogP contribution in [0.15, 0.2) is 77.7 Å². The first-order chi connectivity index (χ1) is 18.5. The minimum atomic E-state index is -0.940. The van der Waals surface area contributed by atoms with Crippen LogP contribution in [0.2, 0.25) is 0 Å². The number of cyclic esters (lactones) is 1. The molecule has 3 heterocycles. The van der Waals surface area contributed by atoms with Crippen LogP contribution in [-0.2, 0) is 36.9 Å². The van der Waals surface area contributed by atoms with Gasteiger partial charge in [-0.25, -0.2) is 4.98 Å². The molecule has 194 valence electrons. The number of nitrogens with zero attached hydrogens (tertiary/aromatic N) is 2. The van der Waals surface area contributed by atoms with Gasteiger partial charge in [-0.2, -0.15) is 0 Å². The normalized spacial score (nSPS) is 20.2. The number of rotatable bonds is 8. The Hall–Kier alpha value is -4.57. The highest BCUT2D eigenvalue weighted by atomic mass is 16.7. The number of carbonyl (C=O) groups is 3. The third kappa shape index (κ3) is 5.70. The van der Waals surface area contributed by atoms with Crippen molar-refractivity contribution in [1.82, 2.24) is 14.9 Å². The van der Waals surface area contributed by atoms with Crippen LogP contribution in [0.1, 0.15) is 35.8 Å². The zero-order chi connectivity index (χ0) is 26.5. The average Bonchev–Trinajstić information content (AvgIpc) is 3.52. The fourth-order valence-electron chi connectivity index (χ4n) is 4.49. The second-order valence-electron chi connectivity index (χ2n) is 9.03. The molecular formula is C28H26N4O6. The van der Waals surface area contributed by atoms with Crippen molar-refractivity contribution in [2.24, 2.45) is 0 Å². The van der Waals surface area contributed by atoms with Gasteiger partial charge in [-0.1, -0.05) is 60.7 Å². The van der Waals surface area contributed by atoms with E-state index in [0.29, 0.717) is 18.7 Å². The maximum Gasteiger partial charge on any atom is 0.310 e. The molecule has 2 amide bonds. The van der Waals surface area contributed by atoms with Gasteiger partial charge in [-0.3, -0.25) is 23.7 Å². The number of aryl methyl sites for hydroxylation is 1. The summed E-state index contributed by atoms with van der Waals surface area (Å²) in [6.45, 7) is 0.211. The summed E-state index contributed by atoms with van der Waals surface area (Å²) in [7, 11) is 0. The number of ether oxygens (including phenoxy) is 2. The van der Waals surface area contributed by atoms with E-state index in [4.69, 9.17) is 9.47 Å². The Balaban J connectivity index is 1.25. The van der Waals surface area contributed by atoms with E-state index in [9.17, 15) is 19.2 Å². The molecule has 38 heavy (non-hydrogen) atoms. The van der Waals surface area contributed by atoms with Crippen LogP contribution in [0, 0.1) is 0 Å². The van der Waals surface area contributed by atoms with E-state index < -0.39 is 41.7 Å². The molecule has 1 fully saturated rings. The minimum Gasteiger partial charge on any atom is -0.433 e. The maximum absolute atomic E-state index is 13.2. The summed E-state index contributed by atoms with van der Waals surface area (Å²) in [6.07, 6.45) is 4.06. The van der Waals surface area contributed by atoms with Gasteiger partial charge < -0.3 is 20.1 Å². The van der Waals surface area contributed by atoms with E-state index in [1.807, 2.05) is 60.7 Å². The summed E-state index contributed by atoms with van der Waals surface area (Å²) in [5.41, 5.74) is 1.18. The van der Waals surface area contributed by atoms with E-state index >= 15 is 0 Å². The van der Waals surface area contributed by atoms with E-state index in [2.05, 4.69) is 15.6 Å². The van der Waals surface area contributed by atoms with Crippen molar-refractivity contribution in [3.05, 3.63) is 100 Å². The molecule has 2 aliphatic heterocycles. The highest BCUT2D eigenvalue weighted by Gasteiger charge is 2.39. The molecule has 10 heteroatoms. The predicted octanol–water partition coefficient (Wildman–Crippen LogP) is 2.36. The first-order valence-electron chi connectivity index (χ1n) is 12.3. The largest absolute Gasteiger partial charge is 0.433 e. The molecule has 5 rings (SSSR count). The molecule has 3 aromatic rings. The van der Waals surface area contributed by atoms with Gasteiger partial charge in [0.25, 0.3) is 5.56 Å². The molecule has 0 aliphatic carbocycles. The zero-order valence-electron chi connectivity index (χ0n) is 20.4. The lowest BCUT2D eigenvalue weighted by Gasteiger charge is -2.22. The first kappa shape index (κ1) is 25.1. The summed E-state index contributed by atoms with van der Waals surface area (Å²) >= 11 is 0. The molecule has 2 aromatic carbocycles. The lowest BCUT2D eigenvalue weighted by Crippen LogP contribution is -2.45. The van der Waals surface area contributed by atoms with Gasteiger partial charge in [0.1, 0.15) is 23.6 Å². The predicted molar refractivity (Wildman–Crippen MR) is 138 cm³/mol. The Morgan fingerprint density at radius 1 is 1.08 bits per heavy atom. The molecule has 0 spiro atoms. The van der Waals surface area contributed by atoms with Crippen molar-refractivity contribution in [1.29, 1.82) is 0 Å². The van der Waals surface area contributed by atoms with Gasteiger partial charge in [0.05, 0.1) is 19.2 Å². The molecular weight excluding hydrogens is 488 g/mol. The smallest absolute Gasteiger partial charge is 0.310 e. The second-order valence-corrected chi connectivity index (χ2v) is 9.03. The highest BCUT2D eigenvalue weighted by molar-refractivity contribution is 6.01. The molecule has 0 bridgehead atoms. The number of esters is 1. The Morgan fingerprint density at radius 3 is 2.58 bits per heavy atom. The minimum absolute atomic E-state index is 0.0281. The summed E-state index contributed by atoms with van der Waals surface area (Å²) in [5, 5.41) is 5.36. The van der Waals surface area contributed by atoms with Crippen LogP contribution >= 0.6 is 0 Å².